The van der Waals surface area contributed by atoms with Gasteiger partial charge in [-0.05, 0) is 25.7 Å². The van der Waals surface area contributed by atoms with E-state index in [1.54, 1.807) is 4.90 Å². The average Bonchev–Trinajstić information content (AvgIpc) is 2.33. The summed E-state index contributed by atoms with van der Waals surface area (Å²) in [6.45, 7) is 1.28. The summed E-state index contributed by atoms with van der Waals surface area (Å²) in [6, 6.07) is -0.241. The minimum atomic E-state index is -0.241. The number of nitrogens with one attached hydrogen (secondary N) is 1. The first-order chi connectivity index (χ1) is 8.25. The van der Waals surface area contributed by atoms with E-state index in [2.05, 4.69) is 23.5 Å². The molecule has 0 atom stereocenters. The fourth-order valence-electron chi connectivity index (χ4n) is 2.14. The van der Waals surface area contributed by atoms with Crippen LogP contribution >= 0.6 is 0 Å². The number of carbonyl (C=O) groups excluding carboxylic acids is 2. The van der Waals surface area contributed by atoms with Crippen molar-refractivity contribution >= 4 is 11.9 Å². The number of urea groups is 1. The molecule has 3 amide bonds. The zero-order valence-electron chi connectivity index (χ0n) is 9.95. The molecule has 4 nitrogen and oxygen atoms in total. The molecular formula is C13H18N2O2. The largest absolute Gasteiger partial charge is 0.324 e. The quantitative estimate of drug-likeness (QED) is 0.808. The number of imide groups is 1. The van der Waals surface area contributed by atoms with Crippen molar-refractivity contribution in [3.8, 4) is 0 Å². The molecule has 0 spiro atoms. The van der Waals surface area contributed by atoms with Gasteiger partial charge in [-0.2, -0.15) is 0 Å². The molecule has 0 unspecified atom stereocenters. The SMILES string of the molecule is O=C1CCN(CCCC2=CCCC=C2)C(=O)N1. The Labute approximate surface area is 101 Å². The van der Waals surface area contributed by atoms with Crippen LogP contribution in [0.3, 0.4) is 0 Å². The second-order valence-electron chi connectivity index (χ2n) is 4.45. The molecule has 2 rings (SSSR count). The number of hydrogen-bond donors (Lipinski definition) is 1. The summed E-state index contributed by atoms with van der Waals surface area (Å²) in [6.07, 6.45) is 11.3. The van der Waals surface area contributed by atoms with E-state index in [1.807, 2.05) is 0 Å². The molecule has 1 aliphatic heterocycles. The van der Waals surface area contributed by atoms with Crippen molar-refractivity contribution in [3.05, 3.63) is 23.8 Å². The number of allylic oxidation sites excluding steroid dienone is 4. The highest BCUT2D eigenvalue weighted by atomic mass is 16.2. The van der Waals surface area contributed by atoms with Gasteiger partial charge in [0.2, 0.25) is 5.91 Å². The molecule has 1 fully saturated rings. The first-order valence-electron chi connectivity index (χ1n) is 6.20. The Morgan fingerprint density at radius 1 is 1.29 bits per heavy atom. The van der Waals surface area contributed by atoms with Crippen LogP contribution < -0.4 is 5.32 Å². The monoisotopic (exact) mass is 234 g/mol. The van der Waals surface area contributed by atoms with Crippen LogP contribution in [-0.2, 0) is 4.79 Å². The lowest BCUT2D eigenvalue weighted by atomic mass is 10.0. The zero-order chi connectivity index (χ0) is 12.1. The molecule has 1 saturated heterocycles. The smallest absolute Gasteiger partial charge is 0.324 e. The fourth-order valence-corrected chi connectivity index (χ4v) is 2.14. The molecule has 1 N–H and O–H groups in total. The lowest BCUT2D eigenvalue weighted by molar-refractivity contribution is -0.121. The van der Waals surface area contributed by atoms with Crippen LogP contribution in [0.5, 0.6) is 0 Å². The zero-order valence-corrected chi connectivity index (χ0v) is 9.95. The van der Waals surface area contributed by atoms with Crippen LogP contribution in [-0.4, -0.2) is 29.9 Å². The summed E-state index contributed by atoms with van der Waals surface area (Å²) in [5.41, 5.74) is 1.37. The van der Waals surface area contributed by atoms with E-state index in [4.69, 9.17) is 0 Å². The van der Waals surface area contributed by atoms with Crippen molar-refractivity contribution in [1.29, 1.82) is 0 Å². The fraction of sp³-hybridized carbons (Fsp3) is 0.538. The van der Waals surface area contributed by atoms with E-state index in [0.717, 1.165) is 32.2 Å². The van der Waals surface area contributed by atoms with Crippen molar-refractivity contribution in [2.75, 3.05) is 13.1 Å². The molecular weight excluding hydrogens is 216 g/mol. The standard InChI is InChI=1S/C13H18N2O2/c16-12-8-10-15(13(17)14-12)9-4-7-11-5-2-1-3-6-11/h2,5-6H,1,3-4,7-10H2,(H,14,16,17). The molecule has 0 aromatic carbocycles. The Balaban J connectivity index is 1.71. The van der Waals surface area contributed by atoms with E-state index >= 15 is 0 Å². The summed E-state index contributed by atoms with van der Waals surface area (Å²) in [5, 5.41) is 2.34. The number of hydrogen-bond acceptors (Lipinski definition) is 2. The molecule has 4 heteroatoms. The van der Waals surface area contributed by atoms with Crippen molar-refractivity contribution in [2.24, 2.45) is 0 Å². The summed E-state index contributed by atoms with van der Waals surface area (Å²) in [4.78, 5) is 24.1. The maximum Gasteiger partial charge on any atom is 0.324 e. The molecule has 0 aromatic heterocycles. The Kier molecular flexibility index (Phi) is 3.96. The maximum atomic E-state index is 11.5. The summed E-state index contributed by atoms with van der Waals surface area (Å²) < 4.78 is 0. The van der Waals surface area contributed by atoms with Gasteiger partial charge in [-0.1, -0.05) is 23.8 Å². The van der Waals surface area contributed by atoms with E-state index < -0.39 is 0 Å². The predicted octanol–water partition coefficient (Wildman–Crippen LogP) is 1.98. The first-order valence-corrected chi connectivity index (χ1v) is 6.20. The van der Waals surface area contributed by atoms with E-state index in [9.17, 15) is 9.59 Å². The molecule has 17 heavy (non-hydrogen) atoms. The second-order valence-corrected chi connectivity index (χ2v) is 4.45. The molecule has 0 radical (unpaired) electrons. The topological polar surface area (TPSA) is 49.4 Å². The molecule has 0 saturated carbocycles. The van der Waals surface area contributed by atoms with Crippen LogP contribution in [0.4, 0.5) is 4.79 Å². The van der Waals surface area contributed by atoms with Gasteiger partial charge in [0.15, 0.2) is 0 Å². The van der Waals surface area contributed by atoms with Gasteiger partial charge in [-0.15, -0.1) is 0 Å². The summed E-state index contributed by atoms with van der Waals surface area (Å²) >= 11 is 0. The van der Waals surface area contributed by atoms with Gasteiger partial charge in [0, 0.05) is 19.5 Å². The highest BCUT2D eigenvalue weighted by Gasteiger charge is 2.21. The van der Waals surface area contributed by atoms with Gasteiger partial charge in [0.1, 0.15) is 0 Å². The third kappa shape index (κ3) is 3.44. The highest BCUT2D eigenvalue weighted by molar-refractivity contribution is 5.96. The van der Waals surface area contributed by atoms with Crippen molar-refractivity contribution in [1.82, 2.24) is 10.2 Å². The third-order valence-electron chi connectivity index (χ3n) is 3.11. The van der Waals surface area contributed by atoms with Crippen LogP contribution in [0, 0.1) is 0 Å². The summed E-state index contributed by atoms with van der Waals surface area (Å²) in [5.74, 6) is -0.163. The lowest BCUT2D eigenvalue weighted by Gasteiger charge is -2.26. The van der Waals surface area contributed by atoms with Crippen LogP contribution in [0.2, 0.25) is 0 Å². The number of rotatable bonds is 4. The predicted molar refractivity (Wildman–Crippen MR) is 65.4 cm³/mol. The van der Waals surface area contributed by atoms with E-state index in [-0.39, 0.29) is 11.9 Å². The molecule has 1 heterocycles. The molecule has 0 bridgehead atoms. The Hall–Kier alpha value is -1.58. The van der Waals surface area contributed by atoms with Gasteiger partial charge >= 0.3 is 6.03 Å². The number of nitrogens with zero attached hydrogens (tertiary/aromatic N) is 1. The molecule has 0 aromatic rings. The lowest BCUT2D eigenvalue weighted by Crippen LogP contribution is -2.49. The van der Waals surface area contributed by atoms with E-state index in [1.165, 1.54) is 5.57 Å². The van der Waals surface area contributed by atoms with Crippen molar-refractivity contribution in [3.63, 3.8) is 0 Å². The van der Waals surface area contributed by atoms with Crippen LogP contribution in [0.15, 0.2) is 23.8 Å². The van der Waals surface area contributed by atoms with Gasteiger partial charge < -0.3 is 4.90 Å². The van der Waals surface area contributed by atoms with Crippen molar-refractivity contribution in [2.45, 2.75) is 32.1 Å². The molecule has 1 aliphatic carbocycles. The molecule has 92 valence electrons. The highest BCUT2D eigenvalue weighted by Crippen LogP contribution is 2.15. The Morgan fingerprint density at radius 2 is 2.18 bits per heavy atom. The third-order valence-corrected chi connectivity index (χ3v) is 3.11. The maximum absolute atomic E-state index is 11.5. The van der Waals surface area contributed by atoms with Crippen molar-refractivity contribution < 1.29 is 9.59 Å². The minimum absolute atomic E-state index is 0.163. The van der Waals surface area contributed by atoms with Gasteiger partial charge in [-0.3, -0.25) is 10.1 Å². The van der Waals surface area contributed by atoms with Gasteiger partial charge in [0.05, 0.1) is 0 Å². The van der Waals surface area contributed by atoms with Crippen LogP contribution in [0.25, 0.3) is 0 Å². The second kappa shape index (κ2) is 5.66. The van der Waals surface area contributed by atoms with Gasteiger partial charge in [0.25, 0.3) is 0 Å². The minimum Gasteiger partial charge on any atom is -0.324 e. The average molecular weight is 234 g/mol. The van der Waals surface area contributed by atoms with Crippen LogP contribution in [0.1, 0.15) is 32.1 Å². The Bertz CT molecular complexity index is 372. The van der Waals surface area contributed by atoms with Gasteiger partial charge in [-0.25, -0.2) is 4.79 Å². The summed E-state index contributed by atoms with van der Waals surface area (Å²) in [7, 11) is 0. The first kappa shape index (κ1) is 11.9. The Morgan fingerprint density at radius 3 is 2.88 bits per heavy atom. The van der Waals surface area contributed by atoms with E-state index in [0.29, 0.717) is 13.0 Å². The normalized spacial score (nSPS) is 20.2. The molecule has 2 aliphatic rings. The number of amides is 3. The number of carbonyl (C=O) groups is 2.